The van der Waals surface area contributed by atoms with Gasteiger partial charge >= 0.3 is 0 Å². The van der Waals surface area contributed by atoms with Crippen LogP contribution in [0.3, 0.4) is 0 Å². The lowest BCUT2D eigenvalue weighted by molar-refractivity contribution is 0.0617. The molecular weight excluding hydrogens is 454 g/mol. The minimum atomic E-state index is -3.57. The van der Waals surface area contributed by atoms with E-state index in [-0.39, 0.29) is 34.9 Å². The van der Waals surface area contributed by atoms with E-state index in [2.05, 4.69) is 15.1 Å². The van der Waals surface area contributed by atoms with E-state index in [9.17, 15) is 18.3 Å². The van der Waals surface area contributed by atoms with Gasteiger partial charge in [0.15, 0.2) is 9.84 Å². The van der Waals surface area contributed by atoms with Gasteiger partial charge in [0.2, 0.25) is 0 Å². The van der Waals surface area contributed by atoms with Gasteiger partial charge in [-0.1, -0.05) is 24.3 Å². The zero-order valence-electron chi connectivity index (χ0n) is 18.1. The van der Waals surface area contributed by atoms with Crippen molar-refractivity contribution in [1.29, 1.82) is 0 Å². The van der Waals surface area contributed by atoms with E-state index in [1.807, 2.05) is 6.08 Å². The molecule has 1 aromatic heterocycles. The molecule has 0 aliphatic carbocycles. The number of anilines is 1. The van der Waals surface area contributed by atoms with Crippen molar-refractivity contribution in [3.05, 3.63) is 90.0 Å². The number of carbonyl (C=O) groups excluding carboxylic acids is 1. The summed E-state index contributed by atoms with van der Waals surface area (Å²) in [6.07, 6.45) is 8.23. The van der Waals surface area contributed by atoms with Gasteiger partial charge in [-0.25, -0.2) is 23.4 Å². The highest BCUT2D eigenvalue weighted by Gasteiger charge is 2.33. The number of rotatable bonds is 7. The normalized spacial score (nSPS) is 18.0. The molecule has 2 heterocycles. The van der Waals surface area contributed by atoms with E-state index in [4.69, 9.17) is 5.73 Å². The van der Waals surface area contributed by atoms with Gasteiger partial charge in [-0.2, -0.15) is 5.10 Å². The molecule has 0 spiro atoms. The number of hydrazone groups is 1. The van der Waals surface area contributed by atoms with Crippen LogP contribution in [0.4, 0.5) is 5.69 Å². The second-order valence-electron chi connectivity index (χ2n) is 7.72. The summed E-state index contributed by atoms with van der Waals surface area (Å²) in [5.41, 5.74) is 7.42. The highest BCUT2D eigenvalue weighted by atomic mass is 32.2. The maximum absolute atomic E-state index is 12.8. The molecule has 174 valence electrons. The number of nitrogen functional groups attached to an aromatic ring is 1. The molecular formula is C24H23N5O4S. The van der Waals surface area contributed by atoms with Crippen LogP contribution in [0.25, 0.3) is 6.08 Å². The first-order valence-corrected chi connectivity index (χ1v) is 12.1. The molecule has 0 saturated heterocycles. The fraction of sp³-hybridized carbons (Fsp3) is 0.167. The number of amides is 1. The number of aliphatic hydroxyl groups is 1. The third-order valence-corrected chi connectivity index (χ3v) is 6.99. The summed E-state index contributed by atoms with van der Waals surface area (Å²) in [5.74, 6) is -0.679. The van der Waals surface area contributed by atoms with Crippen LogP contribution in [0.5, 0.6) is 0 Å². The van der Waals surface area contributed by atoms with Crippen LogP contribution < -0.4 is 5.73 Å². The van der Waals surface area contributed by atoms with Crippen molar-refractivity contribution in [2.24, 2.45) is 11.0 Å². The van der Waals surface area contributed by atoms with Crippen molar-refractivity contribution in [2.75, 3.05) is 12.3 Å². The van der Waals surface area contributed by atoms with Crippen molar-refractivity contribution >= 4 is 33.7 Å². The van der Waals surface area contributed by atoms with Crippen LogP contribution in [-0.4, -0.2) is 53.3 Å². The number of carbonyl (C=O) groups is 1. The Bertz CT molecular complexity index is 1310. The number of nitrogens with two attached hydrogens (primary N) is 1. The van der Waals surface area contributed by atoms with Crippen LogP contribution in [-0.2, 0) is 15.6 Å². The van der Waals surface area contributed by atoms with Gasteiger partial charge in [0.05, 0.1) is 17.5 Å². The third-order valence-electron chi connectivity index (χ3n) is 5.36. The number of aromatic nitrogens is 2. The van der Waals surface area contributed by atoms with Crippen LogP contribution in [0.15, 0.2) is 83.1 Å². The van der Waals surface area contributed by atoms with Gasteiger partial charge < -0.3 is 10.8 Å². The summed E-state index contributed by atoms with van der Waals surface area (Å²) in [6.45, 7) is -0.269. The molecule has 3 aromatic rings. The molecule has 10 heteroatoms. The Morgan fingerprint density at radius 3 is 2.38 bits per heavy atom. The number of aliphatic hydroxyl groups excluding tert-OH is 1. The van der Waals surface area contributed by atoms with Crippen molar-refractivity contribution in [3.63, 3.8) is 0 Å². The molecule has 34 heavy (non-hydrogen) atoms. The van der Waals surface area contributed by atoms with E-state index >= 15 is 0 Å². The fourth-order valence-electron chi connectivity index (χ4n) is 3.50. The Hall–Kier alpha value is -3.89. The van der Waals surface area contributed by atoms with E-state index in [0.717, 1.165) is 5.56 Å². The lowest BCUT2D eigenvalue weighted by Crippen LogP contribution is -2.39. The van der Waals surface area contributed by atoms with Crippen LogP contribution in [0.1, 0.15) is 21.7 Å². The number of hydrogen-bond acceptors (Lipinski definition) is 8. The van der Waals surface area contributed by atoms with E-state index < -0.39 is 15.9 Å². The molecule has 0 radical (unpaired) electrons. The number of hydrogen-bond donors (Lipinski definition) is 2. The Labute approximate surface area is 197 Å². The second-order valence-corrected chi connectivity index (χ2v) is 9.71. The number of sulfone groups is 1. The zero-order valence-corrected chi connectivity index (χ0v) is 18.9. The molecule has 1 amide bonds. The van der Waals surface area contributed by atoms with Crippen molar-refractivity contribution in [2.45, 2.75) is 16.7 Å². The predicted molar refractivity (Wildman–Crippen MR) is 128 cm³/mol. The fourth-order valence-corrected chi connectivity index (χ4v) is 4.71. The van der Waals surface area contributed by atoms with Gasteiger partial charge in [-0.3, -0.25) is 4.79 Å². The van der Waals surface area contributed by atoms with Crippen molar-refractivity contribution in [1.82, 2.24) is 15.0 Å². The van der Waals surface area contributed by atoms with E-state index in [1.54, 1.807) is 54.8 Å². The van der Waals surface area contributed by atoms with Crippen LogP contribution >= 0.6 is 0 Å². The quantitative estimate of drug-likeness (QED) is 0.497. The molecule has 2 atom stereocenters. The van der Waals surface area contributed by atoms with Crippen molar-refractivity contribution in [3.8, 4) is 0 Å². The Kier molecular flexibility index (Phi) is 6.80. The summed E-state index contributed by atoms with van der Waals surface area (Å²) in [7, 11) is -3.57. The van der Waals surface area contributed by atoms with Gasteiger partial charge in [-0.05, 0) is 48.0 Å². The van der Waals surface area contributed by atoms with E-state index in [0.29, 0.717) is 11.3 Å². The standard InChI is InChI=1S/C24H23N5O4S/c25-20-8-6-18(7-9-20)24(31)29-22(15-30)19(14-28-29)5-2-17-3-10-21(11-4-17)34(32,33)16-23-26-12-1-13-27-23/h1-14,19,22,30H,15-16,25H2/b5-2+. The molecule has 9 nitrogen and oxygen atoms in total. The maximum Gasteiger partial charge on any atom is 0.274 e. The molecule has 3 N–H and O–H groups in total. The summed E-state index contributed by atoms with van der Waals surface area (Å²) in [4.78, 5) is 20.9. The van der Waals surface area contributed by atoms with Crippen LogP contribution in [0, 0.1) is 5.92 Å². The first-order chi connectivity index (χ1) is 16.4. The summed E-state index contributed by atoms with van der Waals surface area (Å²) in [5, 5.41) is 15.3. The van der Waals surface area contributed by atoms with Gasteiger partial charge in [0.1, 0.15) is 11.6 Å². The number of nitrogens with zero attached hydrogens (tertiary/aromatic N) is 4. The zero-order chi connectivity index (χ0) is 24.1. The Morgan fingerprint density at radius 1 is 1.06 bits per heavy atom. The van der Waals surface area contributed by atoms with Gasteiger partial charge in [0.25, 0.3) is 5.91 Å². The number of benzene rings is 2. The summed E-state index contributed by atoms with van der Waals surface area (Å²) in [6, 6.07) is 14.0. The molecule has 2 unspecified atom stereocenters. The average Bonchev–Trinajstić information content (AvgIpc) is 3.26. The molecule has 1 aliphatic rings. The third kappa shape index (κ3) is 5.19. The minimum Gasteiger partial charge on any atom is -0.399 e. The lowest BCUT2D eigenvalue weighted by atomic mass is 10.0. The summed E-state index contributed by atoms with van der Waals surface area (Å²) >= 11 is 0. The average molecular weight is 478 g/mol. The molecule has 2 aromatic carbocycles. The van der Waals surface area contributed by atoms with Gasteiger partial charge in [0, 0.05) is 35.8 Å². The molecule has 4 rings (SSSR count). The lowest BCUT2D eigenvalue weighted by Gasteiger charge is -2.23. The predicted octanol–water partition coefficient (Wildman–Crippen LogP) is 2.16. The first kappa shape index (κ1) is 23.3. The Balaban J connectivity index is 1.43. The highest BCUT2D eigenvalue weighted by molar-refractivity contribution is 7.90. The molecule has 1 aliphatic heterocycles. The largest absolute Gasteiger partial charge is 0.399 e. The molecule has 0 fully saturated rings. The summed E-state index contributed by atoms with van der Waals surface area (Å²) < 4.78 is 25.2. The molecule has 0 saturated carbocycles. The highest BCUT2D eigenvalue weighted by Crippen LogP contribution is 2.23. The minimum absolute atomic E-state index is 0.174. The smallest absolute Gasteiger partial charge is 0.274 e. The van der Waals surface area contributed by atoms with Gasteiger partial charge in [-0.15, -0.1) is 0 Å². The monoisotopic (exact) mass is 477 g/mol. The topological polar surface area (TPSA) is 139 Å². The van der Waals surface area contributed by atoms with Crippen molar-refractivity contribution < 1.29 is 18.3 Å². The maximum atomic E-state index is 12.8. The molecule has 0 bridgehead atoms. The first-order valence-electron chi connectivity index (χ1n) is 10.5. The van der Waals surface area contributed by atoms with E-state index in [1.165, 1.54) is 29.5 Å². The second kappa shape index (κ2) is 9.94. The Morgan fingerprint density at radius 2 is 1.74 bits per heavy atom. The SMILES string of the molecule is Nc1ccc(C(=O)N2N=CC(/C=C/c3ccc(S(=O)(=O)Cc4ncccn4)cc3)C2CO)cc1. The van der Waals surface area contributed by atoms with Crippen LogP contribution in [0.2, 0.25) is 0 Å².